The summed E-state index contributed by atoms with van der Waals surface area (Å²) < 4.78 is 42.0. The number of alkyl halides is 3. The van der Waals surface area contributed by atoms with Crippen LogP contribution in [0.4, 0.5) is 19.0 Å². The van der Waals surface area contributed by atoms with Gasteiger partial charge in [-0.3, -0.25) is 9.47 Å². The highest BCUT2D eigenvalue weighted by Crippen LogP contribution is 2.32. The monoisotopic (exact) mass is 528 g/mol. The summed E-state index contributed by atoms with van der Waals surface area (Å²) in [7, 11) is 0. The zero-order valence-electron chi connectivity index (χ0n) is 22.4. The van der Waals surface area contributed by atoms with Gasteiger partial charge in [-0.25, -0.2) is 14.8 Å². The molecule has 38 heavy (non-hydrogen) atoms. The van der Waals surface area contributed by atoms with Crippen molar-refractivity contribution >= 4 is 5.82 Å². The summed E-state index contributed by atoms with van der Waals surface area (Å²) in [6.07, 6.45) is -0.969. The van der Waals surface area contributed by atoms with Crippen LogP contribution in [0.2, 0.25) is 0 Å². The van der Waals surface area contributed by atoms with Gasteiger partial charge in [0.2, 0.25) is 0 Å². The van der Waals surface area contributed by atoms with Gasteiger partial charge in [0.1, 0.15) is 17.3 Å². The molecule has 1 saturated heterocycles. The summed E-state index contributed by atoms with van der Waals surface area (Å²) in [5, 5.41) is 0. The summed E-state index contributed by atoms with van der Waals surface area (Å²) in [4.78, 5) is 29.3. The first kappa shape index (κ1) is 27.8. The maximum atomic E-state index is 13.5. The van der Waals surface area contributed by atoms with Crippen molar-refractivity contribution < 1.29 is 13.2 Å². The number of benzene rings is 1. The molecule has 0 radical (unpaired) electrons. The smallest absolute Gasteiger partial charge is 0.354 e. The molecule has 0 atom stereocenters. The SMILES string of the molecule is Cc1ccccc1-c1ccn(CCCCN2CCN(c3cc(C(F)(F)F)nc(C(C)(C)C)n3)CC2)c(=O)n1. The van der Waals surface area contributed by atoms with E-state index in [0.29, 0.717) is 31.1 Å². The molecule has 4 rings (SSSR count). The molecule has 3 heterocycles. The summed E-state index contributed by atoms with van der Waals surface area (Å²) >= 11 is 0. The van der Waals surface area contributed by atoms with E-state index in [1.165, 1.54) is 0 Å². The number of nitrogens with zero attached hydrogens (tertiary/aromatic N) is 6. The second kappa shape index (κ2) is 11.2. The Kier molecular flexibility index (Phi) is 8.20. The van der Waals surface area contributed by atoms with Crippen molar-refractivity contribution in [2.45, 2.75) is 58.7 Å². The van der Waals surface area contributed by atoms with Crippen LogP contribution in [0, 0.1) is 6.92 Å². The first-order valence-electron chi connectivity index (χ1n) is 13.0. The molecule has 1 aliphatic heterocycles. The van der Waals surface area contributed by atoms with E-state index in [1.807, 2.05) is 62.9 Å². The number of halogens is 3. The number of hydrogen-bond donors (Lipinski definition) is 0. The Labute approximate surface area is 221 Å². The van der Waals surface area contributed by atoms with Crippen molar-refractivity contribution in [1.29, 1.82) is 0 Å². The average Bonchev–Trinajstić information content (AvgIpc) is 2.87. The van der Waals surface area contributed by atoms with E-state index in [1.54, 1.807) is 10.8 Å². The van der Waals surface area contributed by atoms with Crippen LogP contribution in [0.25, 0.3) is 11.3 Å². The van der Waals surface area contributed by atoms with Crippen molar-refractivity contribution in [3.8, 4) is 11.3 Å². The normalized spacial score (nSPS) is 15.2. The summed E-state index contributed by atoms with van der Waals surface area (Å²) in [6, 6.07) is 10.8. The molecule has 10 heteroatoms. The van der Waals surface area contributed by atoms with Gasteiger partial charge in [0.15, 0.2) is 0 Å². The Bertz CT molecular complexity index is 1270. The first-order chi connectivity index (χ1) is 17.9. The molecule has 1 aromatic carbocycles. The Hall–Kier alpha value is -3.27. The van der Waals surface area contributed by atoms with E-state index in [-0.39, 0.29) is 11.5 Å². The van der Waals surface area contributed by atoms with Gasteiger partial charge in [-0.2, -0.15) is 18.2 Å². The van der Waals surface area contributed by atoms with Gasteiger partial charge in [-0.05, 0) is 37.9 Å². The van der Waals surface area contributed by atoms with E-state index in [0.717, 1.165) is 49.7 Å². The molecule has 3 aromatic rings. The fourth-order valence-electron chi connectivity index (χ4n) is 4.50. The zero-order chi connectivity index (χ0) is 27.5. The number of aryl methyl sites for hydroxylation is 2. The van der Waals surface area contributed by atoms with Gasteiger partial charge >= 0.3 is 11.9 Å². The van der Waals surface area contributed by atoms with Crippen molar-refractivity contribution in [3.05, 3.63) is 70.2 Å². The molecular formula is C28H35F3N6O. The lowest BCUT2D eigenvalue weighted by Gasteiger charge is -2.36. The van der Waals surface area contributed by atoms with Crippen LogP contribution < -0.4 is 10.6 Å². The first-order valence-corrected chi connectivity index (χ1v) is 13.0. The fraction of sp³-hybridized carbons (Fsp3) is 0.500. The predicted molar refractivity (Wildman–Crippen MR) is 142 cm³/mol. The van der Waals surface area contributed by atoms with Gasteiger partial charge in [-0.1, -0.05) is 45.0 Å². The molecular weight excluding hydrogens is 493 g/mol. The molecule has 0 unspecified atom stereocenters. The van der Waals surface area contributed by atoms with E-state index < -0.39 is 17.3 Å². The van der Waals surface area contributed by atoms with Crippen LogP contribution in [0.3, 0.4) is 0 Å². The lowest BCUT2D eigenvalue weighted by atomic mass is 9.95. The zero-order valence-corrected chi connectivity index (χ0v) is 22.4. The third-order valence-electron chi connectivity index (χ3n) is 6.79. The second-order valence-electron chi connectivity index (χ2n) is 10.8. The Morgan fingerprint density at radius 3 is 2.21 bits per heavy atom. The summed E-state index contributed by atoms with van der Waals surface area (Å²) in [5.74, 6) is 0.527. The largest absolute Gasteiger partial charge is 0.433 e. The van der Waals surface area contributed by atoms with Gasteiger partial charge < -0.3 is 4.90 Å². The van der Waals surface area contributed by atoms with Crippen molar-refractivity contribution in [3.63, 3.8) is 0 Å². The number of aromatic nitrogens is 4. The number of hydrogen-bond acceptors (Lipinski definition) is 6. The quantitative estimate of drug-likeness (QED) is 0.406. The number of rotatable bonds is 7. The molecule has 0 bridgehead atoms. The molecule has 0 amide bonds. The molecule has 0 spiro atoms. The van der Waals surface area contributed by atoms with Gasteiger partial charge in [0.25, 0.3) is 0 Å². The Morgan fingerprint density at radius 2 is 1.58 bits per heavy atom. The van der Waals surface area contributed by atoms with Gasteiger partial charge in [0.05, 0.1) is 5.69 Å². The fourth-order valence-corrected chi connectivity index (χ4v) is 4.50. The minimum absolute atomic E-state index is 0.196. The highest BCUT2D eigenvalue weighted by atomic mass is 19.4. The van der Waals surface area contributed by atoms with E-state index in [2.05, 4.69) is 19.9 Å². The van der Waals surface area contributed by atoms with Crippen molar-refractivity contribution in [2.75, 3.05) is 37.6 Å². The molecule has 0 saturated carbocycles. The van der Waals surface area contributed by atoms with Crippen molar-refractivity contribution in [1.82, 2.24) is 24.4 Å². The predicted octanol–water partition coefficient (Wildman–Crippen LogP) is 4.93. The number of unbranched alkanes of at least 4 members (excludes halogenated alkanes) is 1. The molecule has 2 aromatic heterocycles. The number of anilines is 1. The molecule has 7 nitrogen and oxygen atoms in total. The van der Waals surface area contributed by atoms with Crippen LogP contribution in [-0.4, -0.2) is 57.1 Å². The van der Waals surface area contributed by atoms with E-state index in [4.69, 9.17) is 0 Å². The van der Waals surface area contributed by atoms with Crippen LogP contribution in [0.1, 0.15) is 50.7 Å². The maximum Gasteiger partial charge on any atom is 0.433 e. The lowest BCUT2D eigenvalue weighted by molar-refractivity contribution is -0.141. The molecule has 1 fully saturated rings. The molecule has 0 N–H and O–H groups in total. The second-order valence-corrected chi connectivity index (χ2v) is 10.8. The number of piperazine rings is 1. The van der Waals surface area contributed by atoms with Gasteiger partial charge in [-0.15, -0.1) is 0 Å². The third-order valence-corrected chi connectivity index (χ3v) is 6.79. The minimum Gasteiger partial charge on any atom is -0.354 e. The van der Waals surface area contributed by atoms with Crippen LogP contribution in [-0.2, 0) is 18.1 Å². The third kappa shape index (κ3) is 6.78. The van der Waals surface area contributed by atoms with Crippen molar-refractivity contribution in [2.24, 2.45) is 0 Å². The maximum absolute atomic E-state index is 13.5. The average molecular weight is 529 g/mol. The summed E-state index contributed by atoms with van der Waals surface area (Å²) in [5.41, 5.74) is 0.983. The Balaban J connectivity index is 1.28. The molecule has 0 aliphatic carbocycles. The summed E-state index contributed by atoms with van der Waals surface area (Å²) in [6.45, 7) is 11.6. The highest BCUT2D eigenvalue weighted by molar-refractivity contribution is 5.62. The van der Waals surface area contributed by atoms with Crippen LogP contribution >= 0.6 is 0 Å². The van der Waals surface area contributed by atoms with Crippen LogP contribution in [0.15, 0.2) is 47.4 Å². The standard InChI is InChI=1S/C28H35F3N6O/c1-20-9-5-6-10-21(20)22-11-14-37(26(38)32-22)13-8-7-12-35-15-17-36(18-16-35)24-19-23(28(29,30)31)33-25(34-24)27(2,3)4/h5-6,9-11,14,19H,7-8,12-13,15-18H2,1-4H3. The minimum atomic E-state index is -4.52. The van der Waals surface area contributed by atoms with E-state index in [9.17, 15) is 18.0 Å². The molecule has 1 aliphatic rings. The lowest BCUT2D eigenvalue weighted by Crippen LogP contribution is -2.47. The Morgan fingerprint density at radius 1 is 0.895 bits per heavy atom. The van der Waals surface area contributed by atoms with Crippen LogP contribution in [0.5, 0.6) is 0 Å². The highest BCUT2D eigenvalue weighted by Gasteiger charge is 2.36. The van der Waals surface area contributed by atoms with E-state index >= 15 is 0 Å². The van der Waals surface area contributed by atoms with Gasteiger partial charge in [0, 0.05) is 56.0 Å². The topological polar surface area (TPSA) is 67.2 Å². The molecule has 204 valence electrons.